The molecule has 118 valence electrons. The normalized spacial score (nSPS) is 19.5. The van der Waals surface area contributed by atoms with E-state index in [1.54, 1.807) is 12.3 Å². The van der Waals surface area contributed by atoms with Crippen molar-refractivity contribution in [1.82, 2.24) is 9.88 Å². The molecule has 0 bridgehead atoms. The number of hydrogen-bond acceptors (Lipinski definition) is 4. The Bertz CT molecular complexity index is 612. The summed E-state index contributed by atoms with van der Waals surface area (Å²) in [5, 5.41) is 9.18. The van der Waals surface area contributed by atoms with Crippen LogP contribution in [0.2, 0.25) is 0 Å². The summed E-state index contributed by atoms with van der Waals surface area (Å²) in [7, 11) is 0. The molecular weight excluding hydrogens is 283 g/mol. The van der Waals surface area contributed by atoms with Gasteiger partial charge in [0.1, 0.15) is 5.82 Å². The molecule has 1 fully saturated rings. The van der Waals surface area contributed by atoms with Gasteiger partial charge in [-0.25, -0.2) is 9.37 Å². The quantitative estimate of drug-likeness (QED) is 0.921. The molecule has 2 aromatic rings. The number of hydrogen-bond donors (Lipinski definition) is 1. The number of aromatic nitrogens is 1. The van der Waals surface area contributed by atoms with Gasteiger partial charge in [0.15, 0.2) is 5.76 Å². The fraction of sp³-hybridized carbons (Fsp3) is 0.471. The molecule has 1 aliphatic heterocycles. The average Bonchev–Trinajstić information content (AvgIpc) is 2.98. The van der Waals surface area contributed by atoms with Crippen LogP contribution in [0.5, 0.6) is 0 Å². The summed E-state index contributed by atoms with van der Waals surface area (Å²) in [5.41, 5.74) is 0.698. The van der Waals surface area contributed by atoms with E-state index in [1.807, 2.05) is 6.07 Å². The third-order valence-electron chi connectivity index (χ3n) is 4.21. The molecule has 1 N–H and O–H groups in total. The number of aliphatic hydroxyl groups is 1. The minimum absolute atomic E-state index is 0.210. The number of nitrogens with zero attached hydrogens (tertiary/aromatic N) is 2. The van der Waals surface area contributed by atoms with E-state index in [9.17, 15) is 9.50 Å². The van der Waals surface area contributed by atoms with E-state index >= 15 is 0 Å². The number of benzene rings is 1. The second-order valence-electron chi connectivity index (χ2n) is 5.76. The summed E-state index contributed by atoms with van der Waals surface area (Å²) in [6.07, 6.45) is 5.92. The lowest BCUT2D eigenvalue weighted by Crippen LogP contribution is -2.39. The molecule has 1 aliphatic rings. The van der Waals surface area contributed by atoms with Crippen LogP contribution in [0.15, 0.2) is 34.9 Å². The lowest BCUT2D eigenvalue weighted by Gasteiger charge is -2.34. The molecule has 0 radical (unpaired) electrons. The van der Waals surface area contributed by atoms with E-state index in [2.05, 4.69) is 9.88 Å². The molecule has 4 nitrogen and oxygen atoms in total. The highest BCUT2D eigenvalue weighted by molar-refractivity contribution is 5.56. The highest BCUT2D eigenvalue weighted by Gasteiger charge is 2.23. The Balaban J connectivity index is 1.71. The van der Waals surface area contributed by atoms with Crippen LogP contribution in [-0.2, 0) is 6.54 Å². The van der Waals surface area contributed by atoms with E-state index in [4.69, 9.17) is 4.42 Å². The maximum absolute atomic E-state index is 13.3. The lowest BCUT2D eigenvalue weighted by molar-refractivity contribution is 0.103. The van der Waals surface area contributed by atoms with Crippen molar-refractivity contribution in [2.24, 2.45) is 0 Å². The second kappa shape index (κ2) is 7.03. The van der Waals surface area contributed by atoms with Crippen LogP contribution in [-0.4, -0.2) is 34.2 Å². The zero-order chi connectivity index (χ0) is 15.4. The van der Waals surface area contributed by atoms with Crippen LogP contribution < -0.4 is 0 Å². The summed E-state index contributed by atoms with van der Waals surface area (Å²) in [6, 6.07) is 6.72. The molecule has 1 unspecified atom stereocenters. The first kappa shape index (κ1) is 15.2. The van der Waals surface area contributed by atoms with Gasteiger partial charge in [0, 0.05) is 18.2 Å². The predicted octanol–water partition coefficient (Wildman–Crippen LogP) is 3.22. The Hall–Kier alpha value is -1.72. The predicted molar refractivity (Wildman–Crippen MR) is 81.6 cm³/mol. The van der Waals surface area contributed by atoms with E-state index in [0.29, 0.717) is 29.8 Å². The molecule has 1 aromatic carbocycles. The molecule has 0 saturated carbocycles. The van der Waals surface area contributed by atoms with Crippen LogP contribution in [0.1, 0.15) is 31.6 Å². The van der Waals surface area contributed by atoms with Gasteiger partial charge in [-0.3, -0.25) is 4.90 Å². The summed E-state index contributed by atoms with van der Waals surface area (Å²) in [6.45, 7) is 1.85. The summed E-state index contributed by atoms with van der Waals surface area (Å²) in [4.78, 5) is 6.64. The van der Waals surface area contributed by atoms with Crippen molar-refractivity contribution in [2.45, 2.75) is 38.3 Å². The highest BCUT2D eigenvalue weighted by Crippen LogP contribution is 2.25. The smallest absolute Gasteiger partial charge is 0.209 e. The molecule has 5 heteroatoms. The molecule has 1 atom stereocenters. The summed E-state index contributed by atoms with van der Waals surface area (Å²) < 4.78 is 19.0. The fourth-order valence-electron chi connectivity index (χ4n) is 3.08. The van der Waals surface area contributed by atoms with Gasteiger partial charge < -0.3 is 9.52 Å². The fourth-order valence-corrected chi connectivity index (χ4v) is 3.08. The SMILES string of the molecule is OCCC1CCCCN1Cc1ncc(-c2cccc(F)c2)o1. The maximum atomic E-state index is 13.3. The molecule has 1 aromatic heterocycles. The van der Waals surface area contributed by atoms with E-state index in [1.165, 1.54) is 25.0 Å². The molecule has 0 spiro atoms. The van der Waals surface area contributed by atoms with Gasteiger partial charge in [-0.05, 0) is 37.9 Å². The molecule has 2 heterocycles. The summed E-state index contributed by atoms with van der Waals surface area (Å²) in [5.74, 6) is 0.948. The Morgan fingerprint density at radius 2 is 2.27 bits per heavy atom. The van der Waals surface area contributed by atoms with Crippen molar-refractivity contribution in [3.63, 3.8) is 0 Å². The van der Waals surface area contributed by atoms with Gasteiger partial charge in [-0.2, -0.15) is 0 Å². The largest absolute Gasteiger partial charge is 0.439 e. The zero-order valence-corrected chi connectivity index (χ0v) is 12.5. The molecule has 1 saturated heterocycles. The third-order valence-corrected chi connectivity index (χ3v) is 4.21. The van der Waals surface area contributed by atoms with Gasteiger partial charge in [0.25, 0.3) is 0 Å². The minimum Gasteiger partial charge on any atom is -0.439 e. The Labute approximate surface area is 129 Å². The first-order chi connectivity index (χ1) is 10.8. The van der Waals surface area contributed by atoms with Crippen LogP contribution in [0.25, 0.3) is 11.3 Å². The second-order valence-corrected chi connectivity index (χ2v) is 5.76. The first-order valence-corrected chi connectivity index (χ1v) is 7.82. The third kappa shape index (κ3) is 3.54. The Morgan fingerprint density at radius 1 is 1.36 bits per heavy atom. The van der Waals surface area contributed by atoms with Crippen molar-refractivity contribution in [1.29, 1.82) is 0 Å². The van der Waals surface area contributed by atoms with Gasteiger partial charge in [0.2, 0.25) is 5.89 Å². The number of halogens is 1. The standard InChI is InChI=1S/C17H21FN2O2/c18-14-5-3-4-13(10-14)16-11-19-17(22-16)12-20-8-2-1-6-15(20)7-9-21/h3-5,10-11,15,21H,1-2,6-9,12H2. The van der Waals surface area contributed by atoms with Gasteiger partial charge in [0.05, 0.1) is 12.7 Å². The number of rotatable bonds is 5. The highest BCUT2D eigenvalue weighted by atomic mass is 19.1. The van der Waals surface area contributed by atoms with Crippen LogP contribution in [0, 0.1) is 5.82 Å². The average molecular weight is 304 g/mol. The van der Waals surface area contributed by atoms with E-state index < -0.39 is 0 Å². The lowest BCUT2D eigenvalue weighted by atomic mass is 10.00. The topological polar surface area (TPSA) is 49.5 Å². The van der Waals surface area contributed by atoms with Crippen molar-refractivity contribution in [3.8, 4) is 11.3 Å². The van der Waals surface area contributed by atoms with Crippen molar-refractivity contribution < 1.29 is 13.9 Å². The zero-order valence-electron chi connectivity index (χ0n) is 12.5. The first-order valence-electron chi connectivity index (χ1n) is 7.82. The number of aliphatic hydroxyl groups excluding tert-OH is 1. The minimum atomic E-state index is -0.283. The molecule has 3 rings (SSSR count). The van der Waals surface area contributed by atoms with Crippen molar-refractivity contribution in [3.05, 3.63) is 42.2 Å². The van der Waals surface area contributed by atoms with E-state index in [0.717, 1.165) is 19.4 Å². The van der Waals surface area contributed by atoms with Crippen molar-refractivity contribution in [2.75, 3.05) is 13.2 Å². The van der Waals surface area contributed by atoms with Crippen LogP contribution >= 0.6 is 0 Å². The number of likely N-dealkylation sites (tertiary alicyclic amines) is 1. The van der Waals surface area contributed by atoms with Gasteiger partial charge in [-0.15, -0.1) is 0 Å². The number of oxazole rings is 1. The van der Waals surface area contributed by atoms with Crippen LogP contribution in [0.3, 0.4) is 0 Å². The molecule has 0 amide bonds. The van der Waals surface area contributed by atoms with Crippen LogP contribution in [0.4, 0.5) is 4.39 Å². The van der Waals surface area contributed by atoms with Gasteiger partial charge >= 0.3 is 0 Å². The Morgan fingerprint density at radius 3 is 3.09 bits per heavy atom. The van der Waals surface area contributed by atoms with Crippen molar-refractivity contribution >= 4 is 0 Å². The monoisotopic (exact) mass is 304 g/mol. The maximum Gasteiger partial charge on any atom is 0.209 e. The van der Waals surface area contributed by atoms with E-state index in [-0.39, 0.29) is 12.4 Å². The molecular formula is C17H21FN2O2. The molecule has 0 aliphatic carbocycles. The Kier molecular flexibility index (Phi) is 4.85. The molecule has 22 heavy (non-hydrogen) atoms. The number of piperidine rings is 1. The van der Waals surface area contributed by atoms with Gasteiger partial charge in [-0.1, -0.05) is 18.6 Å². The summed E-state index contributed by atoms with van der Waals surface area (Å²) >= 11 is 0.